The smallest absolute Gasteiger partial charge is 0.317 e. The van der Waals surface area contributed by atoms with Gasteiger partial charge in [0.05, 0.1) is 12.7 Å². The molecule has 2 fully saturated rings. The van der Waals surface area contributed by atoms with E-state index >= 15 is 0 Å². The van der Waals surface area contributed by atoms with E-state index in [9.17, 15) is 9.59 Å². The normalized spacial score (nSPS) is 23.5. The number of ether oxygens (including phenoxy) is 1. The first-order valence-electron chi connectivity index (χ1n) is 9.30. The predicted octanol–water partition coefficient (Wildman–Crippen LogP) is 2.30. The summed E-state index contributed by atoms with van der Waals surface area (Å²) in [6.07, 6.45) is 5.53. The molecule has 1 amide bonds. The zero-order chi connectivity index (χ0) is 18.7. The molecule has 0 aliphatic heterocycles. The number of carbonyl (C=O) groups is 2. The minimum absolute atomic E-state index is 0.0926. The predicted molar refractivity (Wildman–Crippen MR) is 98.4 cm³/mol. The fourth-order valence-corrected chi connectivity index (χ4v) is 4.13. The molecule has 0 spiro atoms. The lowest BCUT2D eigenvalue weighted by molar-refractivity contribution is -0.139. The highest BCUT2D eigenvalue weighted by Crippen LogP contribution is 2.34. The van der Waals surface area contributed by atoms with Crippen molar-refractivity contribution >= 4 is 23.2 Å². The molecule has 0 aromatic carbocycles. The standard InChI is InChI=1S/C18H27N3O4S/c1-3-25-11(2)18-19-8-15(26-18)17(24)20-13-6-14(7-13)21(10-16(22)23)9-12-4-5-12/h8,11-14H,3-7,9-10H2,1-2H3,(H,20,24)(H,22,23). The molecule has 2 aliphatic rings. The van der Waals surface area contributed by atoms with Gasteiger partial charge in [-0.25, -0.2) is 4.98 Å². The molecule has 2 aliphatic carbocycles. The van der Waals surface area contributed by atoms with Gasteiger partial charge in [-0.1, -0.05) is 0 Å². The Kier molecular flexibility index (Phi) is 6.26. The Hall–Kier alpha value is -1.51. The second kappa shape index (κ2) is 8.45. The summed E-state index contributed by atoms with van der Waals surface area (Å²) in [5.41, 5.74) is 0. The number of nitrogens with zero attached hydrogens (tertiary/aromatic N) is 2. The van der Waals surface area contributed by atoms with Gasteiger partial charge in [-0.05, 0) is 45.4 Å². The molecule has 1 aromatic rings. The van der Waals surface area contributed by atoms with E-state index < -0.39 is 5.97 Å². The van der Waals surface area contributed by atoms with Crippen LogP contribution in [0.2, 0.25) is 0 Å². The Balaban J connectivity index is 1.47. The van der Waals surface area contributed by atoms with Crippen LogP contribution in [0.15, 0.2) is 6.20 Å². The molecule has 0 bridgehead atoms. The van der Waals surface area contributed by atoms with Gasteiger partial charge in [0.25, 0.3) is 5.91 Å². The summed E-state index contributed by atoms with van der Waals surface area (Å²) in [6, 6.07) is 0.366. The number of amides is 1. The van der Waals surface area contributed by atoms with E-state index in [1.165, 1.54) is 24.2 Å². The molecule has 3 rings (SSSR count). The summed E-state index contributed by atoms with van der Waals surface area (Å²) < 4.78 is 5.51. The Morgan fingerprint density at radius 2 is 2.19 bits per heavy atom. The number of carboxylic acid groups (broad SMARTS) is 1. The third-order valence-corrected chi connectivity index (χ3v) is 6.16. The summed E-state index contributed by atoms with van der Waals surface area (Å²) in [5.74, 6) is -0.224. The zero-order valence-electron chi connectivity index (χ0n) is 15.3. The van der Waals surface area contributed by atoms with Crippen molar-refractivity contribution in [2.24, 2.45) is 5.92 Å². The Labute approximate surface area is 157 Å². The fourth-order valence-electron chi connectivity index (χ4n) is 3.31. The molecule has 26 heavy (non-hydrogen) atoms. The van der Waals surface area contributed by atoms with Crippen LogP contribution in [0.1, 0.15) is 60.3 Å². The maximum atomic E-state index is 12.4. The lowest BCUT2D eigenvalue weighted by atomic mass is 9.85. The average Bonchev–Trinajstić information content (AvgIpc) is 3.21. The molecular weight excluding hydrogens is 354 g/mol. The van der Waals surface area contributed by atoms with E-state index in [0.29, 0.717) is 17.4 Å². The summed E-state index contributed by atoms with van der Waals surface area (Å²) in [7, 11) is 0. The first kappa shape index (κ1) is 19.3. The van der Waals surface area contributed by atoms with Crippen molar-refractivity contribution in [3.8, 4) is 0 Å². The molecule has 8 heteroatoms. The van der Waals surface area contributed by atoms with Crippen LogP contribution in [0, 0.1) is 5.92 Å². The second-order valence-electron chi connectivity index (χ2n) is 7.22. The molecule has 144 valence electrons. The lowest BCUT2D eigenvalue weighted by Gasteiger charge is -2.42. The Bertz CT molecular complexity index is 640. The van der Waals surface area contributed by atoms with Crippen molar-refractivity contribution in [1.82, 2.24) is 15.2 Å². The number of aliphatic carboxylic acids is 1. The van der Waals surface area contributed by atoms with Gasteiger partial charge >= 0.3 is 5.97 Å². The van der Waals surface area contributed by atoms with E-state index in [1.54, 1.807) is 6.20 Å². The molecule has 7 nitrogen and oxygen atoms in total. The summed E-state index contributed by atoms with van der Waals surface area (Å²) in [6.45, 7) is 5.43. The number of hydrogen-bond donors (Lipinski definition) is 2. The van der Waals surface area contributed by atoms with Crippen LogP contribution < -0.4 is 5.32 Å². The molecular formula is C18H27N3O4S. The molecule has 1 atom stereocenters. The van der Waals surface area contributed by atoms with E-state index in [1.807, 2.05) is 13.8 Å². The van der Waals surface area contributed by atoms with Crippen LogP contribution in [-0.4, -0.2) is 58.6 Å². The van der Waals surface area contributed by atoms with Crippen molar-refractivity contribution in [2.45, 2.75) is 57.7 Å². The molecule has 0 saturated heterocycles. The topological polar surface area (TPSA) is 91.8 Å². The Morgan fingerprint density at radius 3 is 2.81 bits per heavy atom. The molecule has 2 saturated carbocycles. The summed E-state index contributed by atoms with van der Waals surface area (Å²) in [4.78, 5) is 30.4. The Morgan fingerprint density at radius 1 is 1.46 bits per heavy atom. The summed E-state index contributed by atoms with van der Waals surface area (Å²) in [5, 5.41) is 13.0. The van der Waals surface area contributed by atoms with Gasteiger partial charge in [0.2, 0.25) is 0 Å². The largest absolute Gasteiger partial charge is 0.480 e. The maximum absolute atomic E-state index is 12.4. The maximum Gasteiger partial charge on any atom is 0.317 e. The number of carbonyl (C=O) groups excluding carboxylic acids is 1. The van der Waals surface area contributed by atoms with Crippen LogP contribution in [0.4, 0.5) is 0 Å². The van der Waals surface area contributed by atoms with Crippen LogP contribution in [0.25, 0.3) is 0 Å². The number of rotatable bonds is 10. The monoisotopic (exact) mass is 381 g/mol. The minimum atomic E-state index is -0.779. The van der Waals surface area contributed by atoms with Gasteiger partial charge in [0.15, 0.2) is 0 Å². The highest BCUT2D eigenvalue weighted by molar-refractivity contribution is 7.13. The van der Waals surface area contributed by atoms with Crippen molar-refractivity contribution in [1.29, 1.82) is 0 Å². The van der Waals surface area contributed by atoms with Crippen molar-refractivity contribution in [2.75, 3.05) is 19.7 Å². The van der Waals surface area contributed by atoms with Crippen LogP contribution in [0.5, 0.6) is 0 Å². The number of carboxylic acids is 1. The molecule has 1 aromatic heterocycles. The fraction of sp³-hybridized carbons (Fsp3) is 0.722. The van der Waals surface area contributed by atoms with E-state index in [0.717, 1.165) is 24.4 Å². The SMILES string of the molecule is CCOC(C)c1ncc(C(=O)NC2CC(N(CC(=O)O)CC3CC3)C2)s1. The lowest BCUT2D eigenvalue weighted by Crippen LogP contribution is -2.55. The molecule has 1 heterocycles. The van der Waals surface area contributed by atoms with Crippen LogP contribution in [0.3, 0.4) is 0 Å². The van der Waals surface area contributed by atoms with Gasteiger partial charge in [0.1, 0.15) is 16.0 Å². The quantitative estimate of drug-likeness (QED) is 0.646. The first-order valence-corrected chi connectivity index (χ1v) is 10.1. The second-order valence-corrected chi connectivity index (χ2v) is 8.28. The van der Waals surface area contributed by atoms with Gasteiger partial charge in [-0.2, -0.15) is 0 Å². The van der Waals surface area contributed by atoms with Crippen molar-refractivity contribution in [3.05, 3.63) is 16.1 Å². The van der Waals surface area contributed by atoms with Gasteiger partial charge in [0, 0.05) is 25.2 Å². The number of thiazole rings is 1. The van der Waals surface area contributed by atoms with Crippen LogP contribution in [-0.2, 0) is 9.53 Å². The van der Waals surface area contributed by atoms with E-state index in [-0.39, 0.29) is 30.6 Å². The van der Waals surface area contributed by atoms with Gasteiger partial charge in [-0.15, -0.1) is 11.3 Å². The van der Waals surface area contributed by atoms with E-state index in [4.69, 9.17) is 9.84 Å². The number of aromatic nitrogens is 1. The highest BCUT2D eigenvalue weighted by atomic mass is 32.1. The first-order chi connectivity index (χ1) is 12.5. The zero-order valence-corrected chi connectivity index (χ0v) is 16.1. The molecule has 1 unspecified atom stereocenters. The average molecular weight is 381 g/mol. The van der Waals surface area contributed by atoms with Crippen molar-refractivity contribution < 1.29 is 19.4 Å². The van der Waals surface area contributed by atoms with Gasteiger partial charge in [-0.3, -0.25) is 14.5 Å². The molecule has 2 N–H and O–H groups in total. The third-order valence-electron chi connectivity index (χ3n) is 5.00. The van der Waals surface area contributed by atoms with Gasteiger partial charge < -0.3 is 15.2 Å². The third kappa shape index (κ3) is 5.02. The highest BCUT2D eigenvalue weighted by Gasteiger charge is 2.38. The summed E-state index contributed by atoms with van der Waals surface area (Å²) >= 11 is 1.36. The molecule has 0 radical (unpaired) electrons. The minimum Gasteiger partial charge on any atom is -0.480 e. The number of nitrogens with one attached hydrogen (secondary N) is 1. The van der Waals surface area contributed by atoms with Crippen LogP contribution >= 0.6 is 11.3 Å². The van der Waals surface area contributed by atoms with E-state index in [2.05, 4.69) is 15.2 Å². The van der Waals surface area contributed by atoms with Crippen molar-refractivity contribution in [3.63, 3.8) is 0 Å². The number of hydrogen-bond acceptors (Lipinski definition) is 6.